The summed E-state index contributed by atoms with van der Waals surface area (Å²) < 4.78 is 0. The molecule has 3 heterocycles. The van der Waals surface area contributed by atoms with Crippen LogP contribution in [0, 0.1) is 0 Å². The first-order valence-corrected chi connectivity index (χ1v) is 6.10. The van der Waals surface area contributed by atoms with E-state index in [0.29, 0.717) is 18.1 Å². The molecule has 2 aromatic heterocycles. The zero-order chi connectivity index (χ0) is 12.7. The lowest BCUT2D eigenvalue weighted by molar-refractivity contribution is 0.689. The Morgan fingerprint density at radius 2 is 2.39 bits per heavy atom. The summed E-state index contributed by atoms with van der Waals surface area (Å²) in [5.74, 6) is 0.526. The van der Waals surface area contributed by atoms with Crippen molar-refractivity contribution in [1.82, 2.24) is 15.0 Å². The van der Waals surface area contributed by atoms with E-state index in [1.54, 1.807) is 11.1 Å². The molecule has 0 fully saturated rings. The first-order chi connectivity index (χ1) is 8.65. The van der Waals surface area contributed by atoms with E-state index in [0.717, 1.165) is 5.01 Å². The van der Waals surface area contributed by atoms with Gasteiger partial charge >= 0.3 is 0 Å². The van der Waals surface area contributed by atoms with E-state index < -0.39 is 6.29 Å². The number of nitrogens with zero attached hydrogens (tertiary/aromatic N) is 3. The lowest BCUT2D eigenvalue weighted by atomic mass is 10.4. The van der Waals surface area contributed by atoms with Crippen LogP contribution in [0.2, 0.25) is 0 Å². The van der Waals surface area contributed by atoms with Gasteiger partial charge in [0.25, 0.3) is 5.56 Å². The number of aromatic nitrogens is 3. The van der Waals surface area contributed by atoms with Crippen LogP contribution in [0.5, 0.6) is 0 Å². The number of nitrogen functional groups attached to an aromatic ring is 1. The van der Waals surface area contributed by atoms with E-state index in [9.17, 15) is 4.79 Å². The Bertz CT molecular complexity index is 622. The van der Waals surface area contributed by atoms with E-state index in [1.165, 1.54) is 11.3 Å². The quantitative estimate of drug-likeness (QED) is 0.575. The van der Waals surface area contributed by atoms with Crippen LogP contribution < -0.4 is 27.2 Å². The fraction of sp³-hybridized carbons (Fsp3) is 0.222. The highest BCUT2D eigenvalue weighted by Gasteiger charge is 2.30. The van der Waals surface area contributed by atoms with Crippen LogP contribution in [-0.4, -0.2) is 21.2 Å². The average molecular weight is 265 g/mol. The third kappa shape index (κ3) is 1.69. The zero-order valence-corrected chi connectivity index (χ0v) is 10.1. The minimum Gasteiger partial charge on any atom is -0.369 e. The molecule has 2 aromatic rings. The van der Waals surface area contributed by atoms with Crippen LogP contribution in [0.1, 0.15) is 5.01 Å². The summed E-state index contributed by atoms with van der Waals surface area (Å²) in [4.78, 5) is 24.2. The number of H-pyrrole nitrogens is 1. The molecule has 0 aliphatic carbocycles. The monoisotopic (exact) mass is 265 g/mol. The van der Waals surface area contributed by atoms with Crippen molar-refractivity contribution in [3.63, 3.8) is 0 Å². The van der Waals surface area contributed by atoms with Crippen LogP contribution in [0.25, 0.3) is 0 Å². The van der Waals surface area contributed by atoms with Crippen LogP contribution in [0.3, 0.4) is 0 Å². The number of rotatable bonds is 2. The van der Waals surface area contributed by atoms with E-state index in [2.05, 4.69) is 20.3 Å². The predicted molar refractivity (Wildman–Crippen MR) is 69.2 cm³/mol. The van der Waals surface area contributed by atoms with Crippen molar-refractivity contribution in [2.75, 3.05) is 16.0 Å². The van der Waals surface area contributed by atoms with E-state index in [1.807, 2.05) is 5.38 Å². The summed E-state index contributed by atoms with van der Waals surface area (Å²) in [5, 5.41) is 5.64. The number of hydrogen-bond donors (Lipinski definition) is 4. The number of nitrogens with two attached hydrogens (primary N) is 2. The molecule has 0 bridgehead atoms. The van der Waals surface area contributed by atoms with Gasteiger partial charge in [-0.2, -0.15) is 4.98 Å². The third-order valence-corrected chi connectivity index (χ3v) is 3.37. The molecule has 94 valence electrons. The normalized spacial score (nSPS) is 17.6. The summed E-state index contributed by atoms with van der Waals surface area (Å²) >= 11 is 1.51. The molecule has 18 heavy (non-hydrogen) atoms. The molecule has 3 rings (SSSR count). The molecule has 0 spiro atoms. The van der Waals surface area contributed by atoms with Gasteiger partial charge in [-0.15, -0.1) is 11.3 Å². The maximum atomic E-state index is 11.7. The number of anilines is 3. The van der Waals surface area contributed by atoms with E-state index in [4.69, 9.17) is 11.5 Å². The molecule has 1 atom stereocenters. The zero-order valence-electron chi connectivity index (χ0n) is 9.25. The lowest BCUT2D eigenvalue weighted by Crippen LogP contribution is -2.42. The van der Waals surface area contributed by atoms with Crippen molar-refractivity contribution in [1.29, 1.82) is 0 Å². The van der Waals surface area contributed by atoms with Crippen LogP contribution in [0.4, 0.5) is 17.5 Å². The molecule has 9 heteroatoms. The minimum absolute atomic E-state index is 0.0683. The van der Waals surface area contributed by atoms with Crippen molar-refractivity contribution in [2.45, 2.75) is 12.8 Å². The molecular weight excluding hydrogens is 254 g/mol. The number of fused-ring (bicyclic) bond motifs is 1. The Balaban J connectivity index is 2.01. The maximum absolute atomic E-state index is 11.7. The predicted octanol–water partition coefficient (Wildman–Crippen LogP) is -0.517. The molecular formula is C9H11N7OS. The number of hydrogen-bond acceptors (Lipinski definition) is 8. The number of aromatic amines is 1. The topological polar surface area (TPSA) is 126 Å². The second-order valence-corrected chi connectivity index (χ2v) is 4.77. The third-order valence-electron chi connectivity index (χ3n) is 2.61. The van der Waals surface area contributed by atoms with Gasteiger partial charge in [-0.25, -0.2) is 4.98 Å². The van der Waals surface area contributed by atoms with Gasteiger partial charge in [-0.3, -0.25) is 15.5 Å². The van der Waals surface area contributed by atoms with Crippen molar-refractivity contribution in [3.8, 4) is 0 Å². The van der Waals surface area contributed by atoms with Crippen molar-refractivity contribution < 1.29 is 0 Å². The van der Waals surface area contributed by atoms with Crippen molar-refractivity contribution in [2.24, 2.45) is 5.73 Å². The molecule has 1 aliphatic heterocycles. The summed E-state index contributed by atoms with van der Waals surface area (Å²) in [6.45, 7) is 0.481. The Labute approximate surface area is 106 Å². The minimum atomic E-state index is -0.515. The Hall–Kier alpha value is -2.13. The summed E-state index contributed by atoms with van der Waals surface area (Å²) in [7, 11) is 0. The van der Waals surface area contributed by atoms with Gasteiger partial charge in [-0.05, 0) is 0 Å². The summed E-state index contributed by atoms with van der Waals surface area (Å²) in [5.41, 5.74) is 11.5. The van der Waals surface area contributed by atoms with Crippen molar-refractivity contribution >= 4 is 28.8 Å². The first-order valence-electron chi connectivity index (χ1n) is 5.22. The fourth-order valence-electron chi connectivity index (χ4n) is 1.82. The molecule has 8 nitrogen and oxygen atoms in total. The Morgan fingerprint density at radius 1 is 1.56 bits per heavy atom. The highest BCUT2D eigenvalue weighted by molar-refractivity contribution is 7.09. The van der Waals surface area contributed by atoms with Gasteiger partial charge in [0.05, 0.1) is 6.54 Å². The number of nitrogens with one attached hydrogen (secondary N) is 2. The largest absolute Gasteiger partial charge is 0.369 e. The average Bonchev–Trinajstić information content (AvgIpc) is 2.91. The van der Waals surface area contributed by atoms with E-state index in [-0.39, 0.29) is 11.5 Å². The molecule has 6 N–H and O–H groups in total. The fourth-order valence-corrected chi connectivity index (χ4v) is 2.44. The van der Waals surface area contributed by atoms with Gasteiger partial charge in [0, 0.05) is 11.6 Å². The van der Waals surface area contributed by atoms with Gasteiger partial charge in [0.15, 0.2) is 12.1 Å². The van der Waals surface area contributed by atoms with Gasteiger partial charge in [0.1, 0.15) is 10.7 Å². The highest BCUT2D eigenvalue weighted by Crippen LogP contribution is 2.29. The second kappa shape index (κ2) is 3.96. The summed E-state index contributed by atoms with van der Waals surface area (Å²) in [6.07, 6.45) is 1.20. The molecule has 0 saturated heterocycles. The molecule has 1 unspecified atom stereocenters. The van der Waals surface area contributed by atoms with E-state index >= 15 is 0 Å². The lowest BCUT2D eigenvalue weighted by Gasteiger charge is -2.21. The smallest absolute Gasteiger partial charge is 0.277 e. The molecule has 0 amide bonds. The van der Waals surface area contributed by atoms with Crippen molar-refractivity contribution in [3.05, 3.63) is 26.9 Å². The molecule has 0 aromatic carbocycles. The van der Waals surface area contributed by atoms with Gasteiger partial charge < -0.3 is 16.0 Å². The Morgan fingerprint density at radius 3 is 3.11 bits per heavy atom. The first kappa shape index (κ1) is 11.0. The van der Waals surface area contributed by atoms with Crippen LogP contribution in [-0.2, 0) is 6.54 Å². The van der Waals surface area contributed by atoms with Gasteiger partial charge in [0.2, 0.25) is 5.95 Å². The standard InChI is InChI=1S/C9H11N7OS/c10-8-14-6-5(7(17)15-8)13-9(11)16(6)3-4-12-1-2-18-4/h1-2,9,13H,3,11H2,(H3,10,14,15,17). The Kier molecular flexibility index (Phi) is 2.42. The molecule has 1 aliphatic rings. The summed E-state index contributed by atoms with van der Waals surface area (Å²) in [6, 6.07) is 0. The van der Waals surface area contributed by atoms with Crippen LogP contribution in [0.15, 0.2) is 16.4 Å². The second-order valence-electron chi connectivity index (χ2n) is 3.79. The molecule has 0 radical (unpaired) electrons. The van der Waals surface area contributed by atoms with Gasteiger partial charge in [-0.1, -0.05) is 0 Å². The molecule has 0 saturated carbocycles. The highest BCUT2D eigenvalue weighted by atomic mass is 32.1. The van der Waals surface area contributed by atoms with Crippen LogP contribution >= 0.6 is 11.3 Å². The maximum Gasteiger partial charge on any atom is 0.277 e. The SMILES string of the molecule is Nc1nc2c(c(=O)[nH]1)NC(N)N2Cc1nccs1. The number of thiazole rings is 1.